The third-order valence-electron chi connectivity index (χ3n) is 17.8. The minimum Gasteiger partial charge on any atom is -0.393 e. The Balaban J connectivity index is 0.673. The number of amides is 5. The van der Waals surface area contributed by atoms with Gasteiger partial charge in [-0.15, -0.1) is 11.3 Å². The first-order valence-electron chi connectivity index (χ1n) is 32.2. The lowest BCUT2D eigenvalue weighted by Gasteiger charge is -2.36. The van der Waals surface area contributed by atoms with Crippen molar-refractivity contribution < 1.29 is 38.6 Å². The molecule has 0 radical (unpaired) electrons. The van der Waals surface area contributed by atoms with Crippen LogP contribution in [0.2, 0.25) is 0 Å². The molecule has 3 aliphatic rings. The molecule has 7 aromatic rings. The van der Waals surface area contributed by atoms with Gasteiger partial charge in [0.1, 0.15) is 23.2 Å². The van der Waals surface area contributed by atoms with Gasteiger partial charge in [-0.05, 0) is 116 Å². The number of carbonyl (C=O) groups excluding carboxylic acids is 5. The number of thiazole rings is 1. The van der Waals surface area contributed by atoms with Gasteiger partial charge in [0, 0.05) is 62.6 Å². The van der Waals surface area contributed by atoms with E-state index < -0.39 is 53.0 Å². The highest BCUT2D eigenvalue weighted by atomic mass is 32.1. The number of hydrogen-bond acceptors (Lipinski definition) is 11. The van der Waals surface area contributed by atoms with E-state index >= 15 is 0 Å². The molecule has 4 heterocycles. The van der Waals surface area contributed by atoms with Gasteiger partial charge in [-0.3, -0.25) is 29.4 Å². The molecule has 3 fully saturated rings. The van der Waals surface area contributed by atoms with Crippen molar-refractivity contribution in [3.8, 4) is 44.7 Å². The molecule has 19 heteroatoms. The first-order chi connectivity index (χ1) is 43.8. The van der Waals surface area contributed by atoms with E-state index in [4.69, 9.17) is 4.98 Å². The van der Waals surface area contributed by atoms with Crippen LogP contribution in [0.15, 0.2) is 121 Å². The van der Waals surface area contributed by atoms with Crippen molar-refractivity contribution in [1.29, 1.82) is 5.41 Å². The average molecular weight is 1250 g/mol. The fourth-order valence-electron chi connectivity index (χ4n) is 12.5. The van der Waals surface area contributed by atoms with Crippen LogP contribution < -0.4 is 26.8 Å². The van der Waals surface area contributed by atoms with Gasteiger partial charge in [0.2, 0.25) is 23.6 Å². The van der Waals surface area contributed by atoms with Gasteiger partial charge in [0.25, 0.3) is 5.91 Å². The molecule has 1 saturated heterocycles. The van der Waals surface area contributed by atoms with Gasteiger partial charge in [0.05, 0.1) is 58.2 Å². The summed E-state index contributed by atoms with van der Waals surface area (Å²) in [6, 6.07) is 33.5. The first kappa shape index (κ1) is 65.6. The molecule has 91 heavy (non-hydrogen) atoms. The van der Waals surface area contributed by atoms with Crippen LogP contribution in [0.5, 0.6) is 0 Å². The zero-order valence-electron chi connectivity index (χ0n) is 52.6. The van der Waals surface area contributed by atoms with Crippen molar-refractivity contribution >= 4 is 51.9 Å². The number of benzene rings is 4. The van der Waals surface area contributed by atoms with Crippen molar-refractivity contribution in [2.24, 2.45) is 5.41 Å². The maximum atomic E-state index is 14.8. The first-order valence-corrected chi connectivity index (χ1v) is 33.1. The maximum Gasteiger partial charge on any atom is 0.258 e. The van der Waals surface area contributed by atoms with Gasteiger partial charge in [0.15, 0.2) is 5.67 Å². The van der Waals surface area contributed by atoms with Crippen molar-refractivity contribution in [3.05, 3.63) is 149 Å². The second kappa shape index (κ2) is 29.8. The number of aromatic nitrogens is 4. The summed E-state index contributed by atoms with van der Waals surface area (Å²) in [4.78, 5) is 79.3. The third-order valence-corrected chi connectivity index (χ3v) is 18.8. The number of alkyl halides is 1. The molecular weight excluding hydrogens is 1170 g/mol. The molecule has 1 aliphatic heterocycles. The number of β-amino-alcohol motifs (C(OH)–C–C–N with tert-alkyl or cyclic N) is 1. The quantitative estimate of drug-likeness (QED) is 0.0213. The second-order valence-electron chi connectivity index (χ2n) is 25.8. The Bertz CT molecular complexity index is 3820. The average Bonchev–Trinajstić information content (AvgIpc) is 1.60. The fraction of sp³-hybridized carbons (Fsp3) is 0.444. The zero-order chi connectivity index (χ0) is 64.2. The molecule has 1 unspecified atom stereocenters. The molecule has 478 valence electrons. The molecule has 4 atom stereocenters. The van der Waals surface area contributed by atoms with Crippen LogP contribution in [0.4, 0.5) is 4.39 Å². The van der Waals surface area contributed by atoms with E-state index in [1.165, 1.54) is 16.2 Å². The summed E-state index contributed by atoms with van der Waals surface area (Å²) in [6.45, 7) is 8.50. The molecule has 2 aliphatic carbocycles. The lowest BCUT2D eigenvalue weighted by Crippen LogP contribution is -2.59. The number of rotatable bonds is 25. The summed E-state index contributed by atoms with van der Waals surface area (Å²) in [6.07, 6.45) is 9.25. The van der Waals surface area contributed by atoms with Gasteiger partial charge in [-0.25, -0.2) is 14.4 Å². The standard InChI is InChI=1S/C72H85FN10O7S/c1-47-64(91-46-78-47)53-30-28-50(29-31-53)57(79-68(88)58-41-56(85)44-81(58)69(89)65(71(2,3)4)80-70(90)72(73)36-37-72)42-60(87)76-39-18-8-6-16-27-59(86)75-38-17-7-5-11-20-48-21-19-22-49(40-48)43-82-63(52-25-14-10-15-26-52)61(51-23-12-9-13-24-51)62-66(74)83(45-77-67(62)82)54-32-34-55(84)35-33-54/h9-10,12-15,19,21-26,28-31,40,45-46,54-58,65,74,84-85H,5-8,16-18,27,32-39,41-44H2,1-4H3,(H,75,86)(H,76,87)(H,79,88)(H,80,90)/t54?,55?,56-,57+,58+,65?/m1/s1. The molecular formula is C72H85FN10O7S. The predicted molar refractivity (Wildman–Crippen MR) is 352 cm³/mol. The van der Waals surface area contributed by atoms with Crippen molar-refractivity contribution in [2.45, 2.75) is 179 Å². The lowest BCUT2D eigenvalue weighted by atomic mass is 9.85. The molecule has 3 aromatic heterocycles. The Hall–Kier alpha value is -8.31. The molecule has 5 amide bonds. The number of halogens is 1. The second-order valence-corrected chi connectivity index (χ2v) is 26.7. The number of likely N-dealkylation sites (tertiary alicyclic amines) is 1. The highest BCUT2D eigenvalue weighted by Crippen LogP contribution is 2.42. The summed E-state index contributed by atoms with van der Waals surface area (Å²) in [5.41, 5.74) is 8.57. The lowest BCUT2D eigenvalue weighted by molar-refractivity contribution is -0.145. The van der Waals surface area contributed by atoms with Crippen LogP contribution in [-0.4, -0.2) is 113 Å². The normalized spacial score (nSPS) is 18.4. The topological polar surface area (TPSA) is 237 Å². The minimum atomic E-state index is -2.01. The van der Waals surface area contributed by atoms with E-state index in [9.17, 15) is 44.0 Å². The summed E-state index contributed by atoms with van der Waals surface area (Å²) >= 11 is 1.51. The Labute approximate surface area is 536 Å². The fourth-order valence-corrected chi connectivity index (χ4v) is 13.3. The van der Waals surface area contributed by atoms with Crippen LogP contribution in [0.25, 0.3) is 43.9 Å². The number of unbranched alkanes of at least 4 members (excludes halogenated alkanes) is 5. The zero-order valence-corrected chi connectivity index (χ0v) is 53.4. The maximum absolute atomic E-state index is 14.8. The number of aliphatic hydroxyl groups is 2. The monoisotopic (exact) mass is 1250 g/mol. The number of aryl methyl sites for hydroxylation is 1. The van der Waals surface area contributed by atoms with E-state index in [1.54, 1.807) is 26.3 Å². The molecule has 17 nitrogen and oxygen atoms in total. The van der Waals surface area contributed by atoms with E-state index in [2.05, 4.69) is 79.1 Å². The highest BCUT2D eigenvalue weighted by molar-refractivity contribution is 7.13. The summed E-state index contributed by atoms with van der Waals surface area (Å²) in [5.74, 6) is 4.41. The van der Waals surface area contributed by atoms with E-state index in [-0.39, 0.29) is 56.2 Å². The number of nitrogens with zero attached hydrogens (tertiary/aromatic N) is 5. The third kappa shape index (κ3) is 16.4. The summed E-state index contributed by atoms with van der Waals surface area (Å²) < 4.78 is 19.0. The minimum absolute atomic E-state index is 0.00304. The van der Waals surface area contributed by atoms with Crippen molar-refractivity contribution in [2.75, 3.05) is 19.6 Å². The number of fused-ring (bicyclic) bond motifs is 1. The molecule has 0 spiro atoms. The Morgan fingerprint density at radius 1 is 0.780 bits per heavy atom. The van der Waals surface area contributed by atoms with Crippen LogP contribution in [-0.2, 0) is 30.5 Å². The highest BCUT2D eigenvalue weighted by Gasteiger charge is 2.53. The van der Waals surface area contributed by atoms with Gasteiger partial charge >= 0.3 is 0 Å². The SMILES string of the molecule is Cc1ncsc1-c1ccc([C@H](CC(=O)NCCCCCCC(=O)NCCCCC#Cc2cccc(Cn3c(-c4ccccc4)c(-c4ccccc4)c4c(=N)n(C5CCC(O)CC5)cnc43)c2)NC(=O)[C@@H]2C[C@@H](O)CN2C(=O)C(NC(=O)C2(F)CC2)C(C)(C)C)cc1. The van der Waals surface area contributed by atoms with E-state index in [0.29, 0.717) is 69.2 Å². The Morgan fingerprint density at radius 2 is 1.46 bits per heavy atom. The van der Waals surface area contributed by atoms with Crippen LogP contribution in [0, 0.1) is 29.6 Å². The van der Waals surface area contributed by atoms with E-state index in [1.807, 2.05) is 90.6 Å². The molecule has 4 aromatic carbocycles. The summed E-state index contributed by atoms with van der Waals surface area (Å²) in [7, 11) is 0. The Morgan fingerprint density at radius 3 is 2.14 bits per heavy atom. The number of aliphatic hydroxyl groups excluding tert-OH is 2. The van der Waals surface area contributed by atoms with Gasteiger partial charge in [-0.1, -0.05) is 143 Å². The number of hydrogen-bond donors (Lipinski definition) is 7. The molecule has 2 saturated carbocycles. The van der Waals surface area contributed by atoms with Crippen LogP contribution >= 0.6 is 11.3 Å². The Kier molecular flexibility index (Phi) is 21.5. The van der Waals surface area contributed by atoms with Crippen LogP contribution in [0.1, 0.15) is 158 Å². The molecule has 10 rings (SSSR count). The molecule has 0 bridgehead atoms. The van der Waals surface area contributed by atoms with Crippen LogP contribution in [0.3, 0.4) is 0 Å². The number of carbonyl (C=O) groups is 5. The van der Waals surface area contributed by atoms with Gasteiger partial charge < -0.3 is 45.5 Å². The summed E-state index contributed by atoms with van der Waals surface area (Å²) in [5, 5.41) is 43.3. The molecule has 7 N–H and O–H groups in total. The number of nitrogens with one attached hydrogen (secondary N) is 5. The van der Waals surface area contributed by atoms with Gasteiger partial charge in [-0.2, -0.15) is 0 Å². The smallest absolute Gasteiger partial charge is 0.258 e. The van der Waals surface area contributed by atoms with Crippen molar-refractivity contribution in [3.63, 3.8) is 0 Å². The van der Waals surface area contributed by atoms with Crippen molar-refractivity contribution in [1.82, 2.24) is 45.3 Å². The van der Waals surface area contributed by atoms with E-state index in [0.717, 1.165) is 99.2 Å². The predicted octanol–water partition coefficient (Wildman–Crippen LogP) is 10.6. The largest absolute Gasteiger partial charge is 0.393 e.